The van der Waals surface area contributed by atoms with Crippen molar-refractivity contribution in [1.29, 1.82) is 0 Å². The number of carbonyl (C=O) groups excluding carboxylic acids is 1. The fourth-order valence-electron chi connectivity index (χ4n) is 2.90. The summed E-state index contributed by atoms with van der Waals surface area (Å²) in [5, 5.41) is 14.3. The molecule has 2 rings (SSSR count). The van der Waals surface area contributed by atoms with E-state index in [0.717, 1.165) is 44.9 Å². The molecule has 0 aliphatic heterocycles. The first-order valence-electron chi connectivity index (χ1n) is 7.03. The third-order valence-electron chi connectivity index (χ3n) is 4.10. The summed E-state index contributed by atoms with van der Waals surface area (Å²) in [5.41, 5.74) is 0.314. The molecule has 2 N–H and O–H groups in total. The summed E-state index contributed by atoms with van der Waals surface area (Å²) in [4.78, 5) is 11.2. The van der Waals surface area contributed by atoms with Crippen molar-refractivity contribution in [3.05, 3.63) is 0 Å². The van der Waals surface area contributed by atoms with Gasteiger partial charge in [0, 0.05) is 5.92 Å². The smallest absolute Gasteiger partial charge is 0.411 e. The number of nitrogens with one attached hydrogen (secondary N) is 1. The average molecular weight is 292 g/mol. The normalized spacial score (nSPS) is 23.4. The highest BCUT2D eigenvalue weighted by Crippen LogP contribution is 2.36. The number of nitrogens with zero attached hydrogens (tertiary/aromatic N) is 1. The predicted molar refractivity (Wildman–Crippen MR) is 66.5 cm³/mol. The maximum absolute atomic E-state index is 12.4. The molecular weight excluding hydrogens is 273 g/mol. The quantitative estimate of drug-likeness (QED) is 0.475. The molecule has 20 heavy (non-hydrogen) atoms. The molecule has 0 aromatic heterocycles. The van der Waals surface area contributed by atoms with Crippen molar-refractivity contribution in [3.63, 3.8) is 0 Å². The highest BCUT2D eigenvalue weighted by Gasteiger charge is 2.44. The lowest BCUT2D eigenvalue weighted by molar-refractivity contribution is -0.174. The molecular formula is C13H19F3N2O2. The van der Waals surface area contributed by atoms with Gasteiger partial charge in [-0.1, -0.05) is 24.4 Å². The van der Waals surface area contributed by atoms with Crippen LogP contribution in [0.5, 0.6) is 0 Å². The van der Waals surface area contributed by atoms with Gasteiger partial charge in [-0.05, 0) is 31.6 Å². The fraction of sp³-hybridized carbons (Fsp3) is 0.846. The molecule has 2 fully saturated rings. The van der Waals surface area contributed by atoms with E-state index in [1.165, 1.54) is 0 Å². The van der Waals surface area contributed by atoms with E-state index in [4.69, 9.17) is 5.21 Å². The summed E-state index contributed by atoms with van der Waals surface area (Å²) in [6.45, 7) is 0. The Kier molecular flexibility index (Phi) is 4.55. The van der Waals surface area contributed by atoms with Gasteiger partial charge in [-0.15, -0.1) is 0 Å². The van der Waals surface area contributed by atoms with E-state index in [2.05, 4.69) is 5.16 Å². The molecule has 0 aromatic carbocycles. The number of alkyl halides is 3. The molecule has 0 radical (unpaired) electrons. The van der Waals surface area contributed by atoms with Crippen molar-refractivity contribution in [2.24, 2.45) is 17.0 Å². The van der Waals surface area contributed by atoms with Crippen molar-refractivity contribution in [1.82, 2.24) is 5.32 Å². The van der Waals surface area contributed by atoms with Crippen LogP contribution in [0.25, 0.3) is 0 Å². The standard InChI is InChI=1S/C13H19F3N2O2/c14-13(15,16)12(19)17-10(8-4-2-1-3-5-8)11(18-20)9-6-7-9/h8-10,20H,1-7H2,(H,17,19)/t10-/m0/s1. The minimum absolute atomic E-state index is 0.0143. The van der Waals surface area contributed by atoms with E-state index >= 15 is 0 Å². The number of halogens is 3. The lowest BCUT2D eigenvalue weighted by Crippen LogP contribution is -2.51. The fourth-order valence-corrected chi connectivity index (χ4v) is 2.90. The first kappa shape index (κ1) is 15.1. The van der Waals surface area contributed by atoms with Crippen LogP contribution < -0.4 is 5.32 Å². The first-order chi connectivity index (χ1) is 9.43. The second-order valence-electron chi connectivity index (χ2n) is 5.65. The number of rotatable bonds is 4. The second kappa shape index (κ2) is 6.01. The Bertz CT molecular complexity index is 386. The van der Waals surface area contributed by atoms with E-state index in [9.17, 15) is 18.0 Å². The topological polar surface area (TPSA) is 61.7 Å². The Morgan fingerprint density at radius 3 is 2.20 bits per heavy atom. The summed E-state index contributed by atoms with van der Waals surface area (Å²) in [7, 11) is 0. The summed E-state index contributed by atoms with van der Waals surface area (Å²) in [6.07, 6.45) is 1.17. The monoisotopic (exact) mass is 292 g/mol. The minimum Gasteiger partial charge on any atom is -0.411 e. The lowest BCUT2D eigenvalue weighted by Gasteiger charge is -2.31. The van der Waals surface area contributed by atoms with Gasteiger partial charge in [0.1, 0.15) is 0 Å². The van der Waals surface area contributed by atoms with Crippen LogP contribution in [0.15, 0.2) is 5.16 Å². The zero-order valence-electron chi connectivity index (χ0n) is 11.1. The molecule has 7 heteroatoms. The Labute approximate surface area is 115 Å². The van der Waals surface area contributed by atoms with Crippen LogP contribution in [-0.4, -0.2) is 29.0 Å². The summed E-state index contributed by atoms with van der Waals surface area (Å²) in [6, 6.07) is -0.790. The van der Waals surface area contributed by atoms with Gasteiger partial charge in [-0.2, -0.15) is 13.2 Å². The van der Waals surface area contributed by atoms with E-state index in [0.29, 0.717) is 5.71 Å². The molecule has 0 unspecified atom stereocenters. The van der Waals surface area contributed by atoms with Gasteiger partial charge in [-0.25, -0.2) is 0 Å². The van der Waals surface area contributed by atoms with Gasteiger partial charge in [0.2, 0.25) is 0 Å². The zero-order chi connectivity index (χ0) is 14.8. The van der Waals surface area contributed by atoms with Crippen LogP contribution in [0.4, 0.5) is 13.2 Å². The third kappa shape index (κ3) is 3.64. The lowest BCUT2D eigenvalue weighted by atomic mass is 9.81. The van der Waals surface area contributed by atoms with Crippen molar-refractivity contribution < 1.29 is 23.2 Å². The number of oxime groups is 1. The van der Waals surface area contributed by atoms with Crippen molar-refractivity contribution in [2.75, 3.05) is 0 Å². The zero-order valence-corrected chi connectivity index (χ0v) is 11.1. The van der Waals surface area contributed by atoms with Gasteiger partial charge in [0.05, 0.1) is 11.8 Å². The van der Waals surface area contributed by atoms with Gasteiger partial charge in [0.25, 0.3) is 0 Å². The third-order valence-corrected chi connectivity index (χ3v) is 4.10. The number of carbonyl (C=O) groups is 1. The molecule has 4 nitrogen and oxygen atoms in total. The summed E-state index contributed by atoms with van der Waals surface area (Å²) in [5.74, 6) is -2.00. The molecule has 0 heterocycles. The largest absolute Gasteiger partial charge is 0.471 e. The van der Waals surface area contributed by atoms with Crippen molar-refractivity contribution >= 4 is 11.6 Å². The van der Waals surface area contributed by atoms with Crippen LogP contribution in [-0.2, 0) is 4.79 Å². The Hall–Kier alpha value is -1.27. The molecule has 0 aromatic rings. The van der Waals surface area contributed by atoms with Crippen molar-refractivity contribution in [2.45, 2.75) is 57.2 Å². The molecule has 0 spiro atoms. The Morgan fingerprint density at radius 2 is 1.75 bits per heavy atom. The number of hydrogen-bond donors (Lipinski definition) is 2. The van der Waals surface area contributed by atoms with E-state index in [1.807, 2.05) is 5.32 Å². The van der Waals surface area contributed by atoms with E-state index in [1.54, 1.807) is 0 Å². The highest BCUT2D eigenvalue weighted by molar-refractivity contribution is 5.96. The maximum atomic E-state index is 12.4. The van der Waals surface area contributed by atoms with Gasteiger partial charge in [-0.3, -0.25) is 4.79 Å². The van der Waals surface area contributed by atoms with Crippen LogP contribution >= 0.6 is 0 Å². The highest BCUT2D eigenvalue weighted by atomic mass is 19.4. The van der Waals surface area contributed by atoms with E-state index in [-0.39, 0.29) is 11.8 Å². The van der Waals surface area contributed by atoms with E-state index < -0.39 is 18.1 Å². The average Bonchev–Trinajstić information content (AvgIpc) is 3.23. The molecule has 1 amide bonds. The second-order valence-corrected chi connectivity index (χ2v) is 5.65. The minimum atomic E-state index is -4.91. The van der Waals surface area contributed by atoms with Crippen LogP contribution in [0.1, 0.15) is 44.9 Å². The van der Waals surface area contributed by atoms with Crippen LogP contribution in [0, 0.1) is 11.8 Å². The van der Waals surface area contributed by atoms with Gasteiger partial charge in [0.15, 0.2) is 0 Å². The Morgan fingerprint density at radius 1 is 1.15 bits per heavy atom. The molecule has 114 valence electrons. The molecule has 2 aliphatic rings. The number of hydrogen-bond acceptors (Lipinski definition) is 3. The van der Waals surface area contributed by atoms with Gasteiger partial charge >= 0.3 is 12.1 Å². The Balaban J connectivity index is 2.12. The first-order valence-corrected chi connectivity index (χ1v) is 7.03. The predicted octanol–water partition coefficient (Wildman–Crippen LogP) is 2.85. The summed E-state index contributed by atoms with van der Waals surface area (Å²) >= 11 is 0. The van der Waals surface area contributed by atoms with Crippen molar-refractivity contribution in [3.8, 4) is 0 Å². The summed E-state index contributed by atoms with van der Waals surface area (Å²) < 4.78 is 37.3. The molecule has 0 saturated heterocycles. The number of amides is 1. The SMILES string of the molecule is O=C(N[C@H](C(=NO)C1CC1)C1CCCCC1)C(F)(F)F. The van der Waals surface area contributed by atoms with Gasteiger partial charge < -0.3 is 10.5 Å². The molecule has 0 bridgehead atoms. The van der Waals surface area contributed by atoms with Crippen LogP contribution in [0.2, 0.25) is 0 Å². The molecule has 2 aliphatic carbocycles. The van der Waals surface area contributed by atoms with Crippen LogP contribution in [0.3, 0.4) is 0 Å². The molecule has 1 atom stereocenters. The molecule has 2 saturated carbocycles. The maximum Gasteiger partial charge on any atom is 0.471 e.